The number of aliphatic hydroxyl groups is 2. The third kappa shape index (κ3) is 12.4. The van der Waals surface area contributed by atoms with Crippen LogP contribution in [0, 0.1) is 11.8 Å². The molecule has 8 heteroatoms. The summed E-state index contributed by atoms with van der Waals surface area (Å²) in [4.78, 5) is 23.9. The van der Waals surface area contributed by atoms with Gasteiger partial charge in [0.25, 0.3) is 0 Å². The molecule has 0 aliphatic heterocycles. The smallest absolute Gasteiger partial charge is 0.328 e. The number of hydrogen-bond acceptors (Lipinski definition) is 5. The zero-order valence-corrected chi connectivity index (χ0v) is 24.0. The molecular weight excluding hydrogens is 489 g/mol. The quantitative estimate of drug-likeness (QED) is 0.192. The summed E-state index contributed by atoms with van der Waals surface area (Å²) in [5.74, 6) is 0.0896. The molecule has 0 aromatic heterocycles. The molecule has 0 spiro atoms. The van der Waals surface area contributed by atoms with Gasteiger partial charge in [0.15, 0.2) is 0 Å². The molecule has 1 aromatic carbocycles. The molecule has 1 amide bonds. The van der Waals surface area contributed by atoms with E-state index in [1.807, 2.05) is 51.1 Å². The molecule has 2 rings (SSSR count). The van der Waals surface area contributed by atoms with Crippen molar-refractivity contribution in [2.24, 2.45) is 11.8 Å². The van der Waals surface area contributed by atoms with E-state index in [1.165, 1.54) is 6.42 Å². The van der Waals surface area contributed by atoms with E-state index in [0.29, 0.717) is 44.4 Å². The van der Waals surface area contributed by atoms with Gasteiger partial charge in [-0.1, -0.05) is 96.0 Å². The molecule has 0 bridgehead atoms. The van der Waals surface area contributed by atoms with Crippen LogP contribution in [0.25, 0.3) is 0 Å². The van der Waals surface area contributed by atoms with Crippen LogP contribution >= 0.6 is 7.60 Å². The lowest BCUT2D eigenvalue weighted by molar-refractivity contribution is -0.131. The number of hydrogen-bond donors (Lipinski definition) is 4. The fraction of sp³-hybridized carbons (Fsp3) is 0.759. The predicted octanol–water partition coefficient (Wildman–Crippen LogP) is 5.60. The summed E-state index contributed by atoms with van der Waals surface area (Å²) in [5, 5.41) is 24.6. The molecule has 4 N–H and O–H groups in total. The largest absolute Gasteiger partial charge is 0.390 e. The predicted molar refractivity (Wildman–Crippen MR) is 148 cm³/mol. The average molecular weight is 540 g/mol. The van der Waals surface area contributed by atoms with Crippen molar-refractivity contribution < 1.29 is 29.0 Å². The van der Waals surface area contributed by atoms with Gasteiger partial charge in [0.05, 0.1) is 18.3 Å². The van der Waals surface area contributed by atoms with Gasteiger partial charge in [0.1, 0.15) is 12.2 Å². The third-order valence-electron chi connectivity index (χ3n) is 7.31. The molecule has 0 saturated heterocycles. The number of rotatable bonds is 17. The van der Waals surface area contributed by atoms with Crippen LogP contribution in [0.3, 0.4) is 0 Å². The number of aliphatic hydroxyl groups excluding tert-OH is 2. The lowest BCUT2D eigenvalue weighted by Crippen LogP contribution is -2.52. The van der Waals surface area contributed by atoms with E-state index in [9.17, 15) is 24.5 Å². The minimum atomic E-state index is -3.99. The van der Waals surface area contributed by atoms with Crippen LogP contribution < -0.4 is 5.32 Å². The molecule has 0 heterocycles. The molecule has 1 aliphatic carbocycles. The minimum absolute atomic E-state index is 0.0287. The Labute approximate surface area is 223 Å². The molecule has 5 atom stereocenters. The Bertz CT molecular complexity index is 814. The lowest BCUT2D eigenvalue weighted by atomic mass is 9.82. The minimum Gasteiger partial charge on any atom is -0.390 e. The molecule has 1 unspecified atom stereocenters. The number of benzene rings is 1. The summed E-state index contributed by atoms with van der Waals surface area (Å²) in [6.45, 7) is 5.96. The fourth-order valence-electron chi connectivity index (χ4n) is 5.23. The molecular formula is C29H50NO6P. The number of carbonyl (C=O) groups is 1. The van der Waals surface area contributed by atoms with Gasteiger partial charge in [-0.3, -0.25) is 13.9 Å². The topological polar surface area (TPSA) is 116 Å². The first-order valence-corrected chi connectivity index (χ1v) is 16.1. The summed E-state index contributed by atoms with van der Waals surface area (Å²) < 4.78 is 18.5. The summed E-state index contributed by atoms with van der Waals surface area (Å²) >= 11 is 0. The Morgan fingerprint density at radius 1 is 1.11 bits per heavy atom. The summed E-state index contributed by atoms with van der Waals surface area (Å²) in [7, 11) is -3.99. The Morgan fingerprint density at radius 3 is 2.41 bits per heavy atom. The van der Waals surface area contributed by atoms with E-state index in [1.54, 1.807) is 0 Å². The molecule has 1 fully saturated rings. The Kier molecular flexibility index (Phi) is 14.4. The number of nitrogens with one attached hydrogen (secondary N) is 1. The SMILES string of the molecule is CCCC[C@@H](OP(=O)(O)CCCc1ccccc1)C(=O)N[C@@H](CC1CCCCC1)[C@@H](O)[C@@H](O)CC(C)C. The summed E-state index contributed by atoms with van der Waals surface area (Å²) in [6.07, 6.45) is 6.36. The highest BCUT2D eigenvalue weighted by Gasteiger charge is 2.35. The maximum absolute atomic E-state index is 13.4. The Morgan fingerprint density at radius 2 is 1.78 bits per heavy atom. The van der Waals surface area contributed by atoms with Gasteiger partial charge < -0.3 is 20.4 Å². The van der Waals surface area contributed by atoms with E-state index in [0.717, 1.165) is 37.7 Å². The normalized spacial score (nSPS) is 19.6. The molecule has 7 nitrogen and oxygen atoms in total. The van der Waals surface area contributed by atoms with E-state index in [-0.39, 0.29) is 12.1 Å². The highest BCUT2D eigenvalue weighted by Crippen LogP contribution is 2.45. The van der Waals surface area contributed by atoms with Crippen molar-refractivity contribution in [2.75, 3.05) is 6.16 Å². The van der Waals surface area contributed by atoms with Crippen molar-refractivity contribution >= 4 is 13.5 Å². The van der Waals surface area contributed by atoms with Crippen molar-refractivity contribution in [1.82, 2.24) is 5.32 Å². The fourth-order valence-corrected chi connectivity index (χ4v) is 6.49. The Balaban J connectivity index is 2.06. The van der Waals surface area contributed by atoms with Gasteiger partial charge in [-0.15, -0.1) is 0 Å². The van der Waals surface area contributed by atoms with Crippen molar-refractivity contribution in [3.8, 4) is 0 Å². The van der Waals surface area contributed by atoms with E-state index < -0.39 is 37.9 Å². The van der Waals surface area contributed by atoms with Crippen LogP contribution in [0.5, 0.6) is 0 Å². The second-order valence-corrected chi connectivity index (χ2v) is 13.2. The van der Waals surface area contributed by atoms with Gasteiger partial charge in [0.2, 0.25) is 5.91 Å². The van der Waals surface area contributed by atoms with E-state index in [2.05, 4.69) is 5.32 Å². The van der Waals surface area contributed by atoms with Crippen molar-refractivity contribution in [3.63, 3.8) is 0 Å². The molecule has 37 heavy (non-hydrogen) atoms. The number of carbonyl (C=O) groups excluding carboxylic acids is 1. The van der Waals surface area contributed by atoms with Gasteiger partial charge in [-0.05, 0) is 49.5 Å². The maximum Gasteiger partial charge on any atom is 0.328 e. The number of aryl methyl sites for hydroxylation is 1. The monoisotopic (exact) mass is 539 g/mol. The van der Waals surface area contributed by atoms with Gasteiger partial charge >= 0.3 is 7.60 Å². The van der Waals surface area contributed by atoms with Gasteiger partial charge in [-0.25, -0.2) is 0 Å². The Hall–Kier alpha value is -1.24. The summed E-state index contributed by atoms with van der Waals surface area (Å²) in [5.41, 5.74) is 1.09. The first-order valence-electron chi connectivity index (χ1n) is 14.3. The van der Waals surface area contributed by atoms with Crippen LogP contribution in [-0.2, 0) is 20.3 Å². The zero-order valence-electron chi connectivity index (χ0n) is 23.1. The van der Waals surface area contributed by atoms with Crippen molar-refractivity contribution in [1.29, 1.82) is 0 Å². The van der Waals surface area contributed by atoms with Gasteiger partial charge in [-0.2, -0.15) is 0 Å². The first-order chi connectivity index (χ1) is 17.6. The lowest BCUT2D eigenvalue weighted by Gasteiger charge is -2.33. The van der Waals surface area contributed by atoms with Crippen molar-refractivity contribution in [2.45, 2.75) is 122 Å². The van der Waals surface area contributed by atoms with Crippen LogP contribution in [0.15, 0.2) is 30.3 Å². The van der Waals surface area contributed by atoms with Crippen LogP contribution in [0.2, 0.25) is 0 Å². The third-order valence-corrected chi connectivity index (χ3v) is 8.78. The highest BCUT2D eigenvalue weighted by molar-refractivity contribution is 7.52. The average Bonchev–Trinajstić information content (AvgIpc) is 2.86. The van der Waals surface area contributed by atoms with Crippen LogP contribution in [0.1, 0.15) is 97.0 Å². The summed E-state index contributed by atoms with van der Waals surface area (Å²) in [6, 6.07) is 9.13. The van der Waals surface area contributed by atoms with E-state index in [4.69, 9.17) is 4.52 Å². The number of unbranched alkanes of at least 4 members (excludes halogenated alkanes) is 1. The van der Waals surface area contributed by atoms with Crippen LogP contribution in [0.4, 0.5) is 0 Å². The van der Waals surface area contributed by atoms with Crippen LogP contribution in [-0.4, -0.2) is 51.5 Å². The molecule has 0 radical (unpaired) electrons. The second kappa shape index (κ2) is 16.7. The van der Waals surface area contributed by atoms with E-state index >= 15 is 0 Å². The number of amides is 1. The van der Waals surface area contributed by atoms with Crippen molar-refractivity contribution in [3.05, 3.63) is 35.9 Å². The standard InChI is InChI=1S/C29H50NO6P/c1-4-5-18-27(36-37(34,35)19-12-17-23-13-8-6-9-14-23)29(33)30-25(21-24-15-10-7-11-16-24)28(32)26(31)20-22(2)3/h6,8-9,13-14,22,24-28,31-32H,4-5,7,10-12,15-21H2,1-3H3,(H,30,33)(H,34,35)/t25-,26-,27+,28+/m0/s1. The molecule has 212 valence electrons. The van der Waals surface area contributed by atoms with Gasteiger partial charge in [0, 0.05) is 0 Å². The maximum atomic E-state index is 13.4. The zero-order chi connectivity index (χ0) is 27.3. The molecule has 1 aliphatic rings. The first kappa shape index (κ1) is 32.0. The highest BCUT2D eigenvalue weighted by atomic mass is 31.2. The second-order valence-electron chi connectivity index (χ2n) is 11.2. The molecule has 1 aromatic rings. The molecule has 1 saturated carbocycles.